The summed E-state index contributed by atoms with van der Waals surface area (Å²) >= 11 is 0. The molecule has 0 atom stereocenters. The van der Waals surface area contributed by atoms with Gasteiger partial charge in [0.05, 0.1) is 20.8 Å². The lowest BCUT2D eigenvalue weighted by Crippen LogP contribution is -2.04. The number of benzene rings is 1. The first-order valence-corrected chi connectivity index (χ1v) is 6.47. The summed E-state index contributed by atoms with van der Waals surface area (Å²) < 4.78 is 20.6. The Balaban J connectivity index is 2.40. The largest absolute Gasteiger partial charge is 0.493 e. The predicted octanol–water partition coefficient (Wildman–Crippen LogP) is 2.84. The number of aryl methyl sites for hydroxylation is 1. The van der Waals surface area contributed by atoms with E-state index in [0.29, 0.717) is 17.3 Å². The van der Waals surface area contributed by atoms with Gasteiger partial charge in [-0.15, -0.1) is 0 Å². The van der Waals surface area contributed by atoms with Crippen molar-refractivity contribution < 1.29 is 23.5 Å². The summed E-state index contributed by atoms with van der Waals surface area (Å²) in [5.74, 6) is 1.17. The number of esters is 1. The van der Waals surface area contributed by atoms with E-state index in [2.05, 4.69) is 5.16 Å². The zero-order valence-electron chi connectivity index (χ0n) is 12.4. The molecule has 2 aromatic rings. The first-order chi connectivity index (χ1) is 10.1. The summed E-state index contributed by atoms with van der Waals surface area (Å²) in [6, 6.07) is 5.16. The zero-order valence-corrected chi connectivity index (χ0v) is 12.4. The fourth-order valence-corrected chi connectivity index (χ4v) is 1.95. The Morgan fingerprint density at radius 1 is 1.19 bits per heavy atom. The fraction of sp³-hybridized carbons (Fsp3) is 0.333. The van der Waals surface area contributed by atoms with Gasteiger partial charge in [-0.1, -0.05) is 5.16 Å². The van der Waals surface area contributed by atoms with E-state index in [0.717, 1.165) is 11.1 Å². The first kappa shape index (κ1) is 14.9. The van der Waals surface area contributed by atoms with Crippen LogP contribution in [0.3, 0.4) is 0 Å². The normalized spacial score (nSPS) is 10.3. The molecule has 0 N–H and O–H groups in total. The van der Waals surface area contributed by atoms with E-state index in [1.54, 1.807) is 33.3 Å². The smallest absolute Gasteiger partial charge is 0.360 e. The van der Waals surface area contributed by atoms with Gasteiger partial charge < -0.3 is 18.7 Å². The molecular weight excluding hydrogens is 274 g/mol. The lowest BCUT2D eigenvalue weighted by molar-refractivity contribution is 0.0514. The predicted molar refractivity (Wildman–Crippen MR) is 75.7 cm³/mol. The highest BCUT2D eigenvalue weighted by Gasteiger charge is 2.17. The summed E-state index contributed by atoms with van der Waals surface area (Å²) in [6.07, 6.45) is 0. The lowest BCUT2D eigenvalue weighted by Gasteiger charge is -2.10. The molecule has 6 heteroatoms. The van der Waals surface area contributed by atoms with Gasteiger partial charge in [-0.3, -0.25) is 0 Å². The highest BCUT2D eigenvalue weighted by atomic mass is 16.5. The maximum absolute atomic E-state index is 11.6. The van der Waals surface area contributed by atoms with Crippen molar-refractivity contribution in [3.63, 3.8) is 0 Å². The van der Waals surface area contributed by atoms with E-state index in [4.69, 9.17) is 18.7 Å². The molecule has 0 bridgehead atoms. The van der Waals surface area contributed by atoms with Gasteiger partial charge in [0.25, 0.3) is 0 Å². The summed E-state index contributed by atoms with van der Waals surface area (Å²) in [7, 11) is 3.13. The van der Waals surface area contributed by atoms with E-state index < -0.39 is 5.97 Å². The minimum Gasteiger partial charge on any atom is -0.493 e. The van der Waals surface area contributed by atoms with Crippen molar-refractivity contribution in [1.29, 1.82) is 0 Å². The average molecular weight is 291 g/mol. The molecule has 1 aromatic carbocycles. The standard InChI is InChI=1S/C15H17NO5/c1-5-20-15(17)11-8-12(21-16-11)10-7-14(19-4)13(18-3)6-9(10)2/h6-8H,5H2,1-4H3. The van der Waals surface area contributed by atoms with Crippen LogP contribution >= 0.6 is 0 Å². The van der Waals surface area contributed by atoms with E-state index in [-0.39, 0.29) is 12.3 Å². The second kappa shape index (κ2) is 6.30. The molecule has 0 fully saturated rings. The molecule has 0 radical (unpaired) electrons. The number of hydrogen-bond donors (Lipinski definition) is 0. The minimum absolute atomic E-state index is 0.140. The molecule has 1 heterocycles. The second-order valence-electron chi connectivity index (χ2n) is 4.32. The van der Waals surface area contributed by atoms with Crippen molar-refractivity contribution in [1.82, 2.24) is 5.16 Å². The van der Waals surface area contributed by atoms with Gasteiger partial charge in [0.1, 0.15) is 0 Å². The van der Waals surface area contributed by atoms with Gasteiger partial charge >= 0.3 is 5.97 Å². The summed E-state index contributed by atoms with van der Waals surface area (Å²) in [6.45, 7) is 3.93. The van der Waals surface area contributed by atoms with E-state index in [9.17, 15) is 4.79 Å². The third-order valence-corrected chi connectivity index (χ3v) is 2.99. The van der Waals surface area contributed by atoms with Crippen molar-refractivity contribution in [3.05, 3.63) is 29.5 Å². The number of rotatable bonds is 5. The maximum Gasteiger partial charge on any atom is 0.360 e. The van der Waals surface area contributed by atoms with E-state index in [1.165, 1.54) is 0 Å². The van der Waals surface area contributed by atoms with Gasteiger partial charge in [-0.05, 0) is 31.5 Å². The van der Waals surface area contributed by atoms with Crippen LogP contribution in [0.4, 0.5) is 0 Å². The molecular formula is C15H17NO5. The molecule has 0 saturated heterocycles. The van der Waals surface area contributed by atoms with E-state index in [1.807, 2.05) is 13.0 Å². The number of carbonyl (C=O) groups is 1. The molecule has 0 saturated carbocycles. The third-order valence-electron chi connectivity index (χ3n) is 2.99. The van der Waals surface area contributed by atoms with E-state index >= 15 is 0 Å². The molecule has 0 unspecified atom stereocenters. The molecule has 1 aromatic heterocycles. The molecule has 0 aliphatic heterocycles. The number of carbonyl (C=O) groups excluding carboxylic acids is 1. The van der Waals surface area contributed by atoms with Gasteiger partial charge in [-0.25, -0.2) is 4.79 Å². The fourth-order valence-electron chi connectivity index (χ4n) is 1.95. The number of hydrogen-bond acceptors (Lipinski definition) is 6. The minimum atomic E-state index is -0.509. The third kappa shape index (κ3) is 2.99. The van der Waals surface area contributed by atoms with Crippen LogP contribution in [0, 0.1) is 6.92 Å². The molecule has 2 rings (SSSR count). The van der Waals surface area contributed by atoms with Gasteiger partial charge in [0.2, 0.25) is 0 Å². The van der Waals surface area contributed by atoms with Crippen LogP contribution < -0.4 is 9.47 Å². The Hall–Kier alpha value is -2.50. The Morgan fingerprint density at radius 3 is 2.48 bits per heavy atom. The van der Waals surface area contributed by atoms with Gasteiger partial charge in [0.15, 0.2) is 23.0 Å². The Morgan fingerprint density at radius 2 is 1.86 bits per heavy atom. The molecule has 0 spiro atoms. The van der Waals surface area contributed by atoms with Crippen LogP contribution in [0.2, 0.25) is 0 Å². The SMILES string of the molecule is CCOC(=O)c1cc(-c2cc(OC)c(OC)cc2C)on1. The van der Waals surface area contributed by atoms with Crippen LogP contribution in [0.5, 0.6) is 11.5 Å². The van der Waals surface area contributed by atoms with Crippen LogP contribution in [-0.4, -0.2) is 32.0 Å². The van der Waals surface area contributed by atoms with Crippen molar-refractivity contribution in [2.24, 2.45) is 0 Å². The van der Waals surface area contributed by atoms with Crippen molar-refractivity contribution in [2.75, 3.05) is 20.8 Å². The van der Waals surface area contributed by atoms with Crippen LogP contribution in [-0.2, 0) is 4.74 Å². The van der Waals surface area contributed by atoms with Crippen molar-refractivity contribution >= 4 is 5.97 Å². The number of aromatic nitrogens is 1. The lowest BCUT2D eigenvalue weighted by atomic mass is 10.1. The molecule has 0 amide bonds. The van der Waals surface area contributed by atoms with Crippen LogP contribution in [0.25, 0.3) is 11.3 Å². The average Bonchev–Trinajstić information content (AvgIpc) is 2.96. The second-order valence-corrected chi connectivity index (χ2v) is 4.32. The highest BCUT2D eigenvalue weighted by Crippen LogP contribution is 2.35. The van der Waals surface area contributed by atoms with Crippen molar-refractivity contribution in [3.8, 4) is 22.8 Å². The Labute approximate surface area is 122 Å². The van der Waals surface area contributed by atoms with Gasteiger partial charge in [-0.2, -0.15) is 0 Å². The van der Waals surface area contributed by atoms with Gasteiger partial charge in [0, 0.05) is 11.6 Å². The number of ether oxygens (including phenoxy) is 3. The summed E-state index contributed by atoms with van der Waals surface area (Å²) in [5.41, 5.74) is 1.83. The molecule has 0 aliphatic carbocycles. The monoisotopic (exact) mass is 291 g/mol. The Kier molecular flexibility index (Phi) is 4.47. The summed E-state index contributed by atoms with van der Waals surface area (Å²) in [5, 5.41) is 3.73. The van der Waals surface area contributed by atoms with Crippen LogP contribution in [0.15, 0.2) is 22.7 Å². The quantitative estimate of drug-likeness (QED) is 0.789. The number of methoxy groups -OCH3 is 2. The number of nitrogens with zero attached hydrogens (tertiary/aromatic N) is 1. The first-order valence-electron chi connectivity index (χ1n) is 6.47. The van der Waals surface area contributed by atoms with Crippen molar-refractivity contribution in [2.45, 2.75) is 13.8 Å². The summed E-state index contributed by atoms with van der Waals surface area (Å²) in [4.78, 5) is 11.6. The molecule has 0 aliphatic rings. The van der Waals surface area contributed by atoms with Crippen LogP contribution in [0.1, 0.15) is 23.0 Å². The molecule has 112 valence electrons. The molecule has 21 heavy (non-hydrogen) atoms. The maximum atomic E-state index is 11.6. The Bertz CT molecular complexity index is 648. The highest BCUT2D eigenvalue weighted by molar-refractivity contribution is 5.88. The molecule has 6 nitrogen and oxygen atoms in total. The zero-order chi connectivity index (χ0) is 15.4. The topological polar surface area (TPSA) is 70.8 Å².